The topological polar surface area (TPSA) is 46.4 Å². The molecule has 1 amide bonds. The third-order valence-corrected chi connectivity index (χ3v) is 3.53. The lowest BCUT2D eigenvalue weighted by Gasteiger charge is -2.07. The zero-order valence-corrected chi connectivity index (χ0v) is 12.4. The van der Waals surface area contributed by atoms with Gasteiger partial charge in [-0.3, -0.25) is 9.20 Å². The number of aryl methyl sites for hydroxylation is 2. The summed E-state index contributed by atoms with van der Waals surface area (Å²) < 4.78 is 15.4. The summed E-state index contributed by atoms with van der Waals surface area (Å²) in [6.45, 7) is 3.91. The van der Waals surface area contributed by atoms with Crippen LogP contribution in [-0.4, -0.2) is 15.3 Å². The Labute approximate surface area is 127 Å². The first kappa shape index (κ1) is 14.3. The van der Waals surface area contributed by atoms with Gasteiger partial charge in [0.2, 0.25) is 0 Å². The van der Waals surface area contributed by atoms with Crippen molar-refractivity contribution in [3.05, 3.63) is 65.4 Å². The maximum Gasteiger partial charge on any atom is 0.274 e. The zero-order chi connectivity index (χ0) is 15.7. The van der Waals surface area contributed by atoms with Gasteiger partial charge in [0.15, 0.2) is 0 Å². The van der Waals surface area contributed by atoms with E-state index < -0.39 is 5.82 Å². The minimum atomic E-state index is -0.460. The summed E-state index contributed by atoms with van der Waals surface area (Å²) in [4.78, 5) is 17.1. The molecule has 5 heteroatoms. The molecule has 0 radical (unpaired) electrons. The lowest BCUT2D eigenvalue weighted by Crippen LogP contribution is -2.17. The summed E-state index contributed by atoms with van der Waals surface area (Å²) in [5.41, 5.74) is 3.09. The number of amides is 1. The summed E-state index contributed by atoms with van der Waals surface area (Å²) in [7, 11) is 0. The predicted molar refractivity (Wildman–Crippen MR) is 83.7 cm³/mol. The molecule has 2 heterocycles. The standard InChI is InChI=1S/C17H16FN3O/c1-3-13-16(21-9-8-11(2)10-15(21)19-13)17(22)20-14-7-5-4-6-12(14)18/h4-10H,3H2,1-2H3,(H,20,22). The Hall–Kier alpha value is -2.69. The van der Waals surface area contributed by atoms with E-state index in [1.165, 1.54) is 12.1 Å². The Morgan fingerprint density at radius 1 is 1.32 bits per heavy atom. The van der Waals surface area contributed by atoms with Crippen LogP contribution in [0.3, 0.4) is 0 Å². The minimum Gasteiger partial charge on any atom is -0.318 e. The number of para-hydroxylation sites is 1. The van der Waals surface area contributed by atoms with Crippen molar-refractivity contribution in [2.75, 3.05) is 5.32 Å². The summed E-state index contributed by atoms with van der Waals surface area (Å²) >= 11 is 0. The second-order valence-electron chi connectivity index (χ2n) is 5.13. The van der Waals surface area contributed by atoms with Crippen LogP contribution < -0.4 is 5.32 Å². The van der Waals surface area contributed by atoms with Crippen molar-refractivity contribution in [1.29, 1.82) is 0 Å². The highest BCUT2D eigenvalue weighted by molar-refractivity contribution is 6.04. The number of aromatic nitrogens is 2. The Balaban J connectivity index is 2.05. The van der Waals surface area contributed by atoms with Gasteiger partial charge in [-0.05, 0) is 43.2 Å². The fraction of sp³-hybridized carbons (Fsp3) is 0.176. The Morgan fingerprint density at radius 2 is 2.09 bits per heavy atom. The number of carbonyl (C=O) groups excluding carboxylic acids is 1. The van der Waals surface area contributed by atoms with E-state index in [0.29, 0.717) is 17.8 Å². The Kier molecular flexibility index (Phi) is 3.63. The summed E-state index contributed by atoms with van der Waals surface area (Å²) in [5, 5.41) is 2.62. The van der Waals surface area contributed by atoms with Gasteiger partial charge < -0.3 is 5.32 Å². The second kappa shape index (κ2) is 5.60. The third-order valence-electron chi connectivity index (χ3n) is 3.53. The fourth-order valence-electron chi connectivity index (χ4n) is 2.43. The van der Waals surface area contributed by atoms with Crippen LogP contribution in [0.4, 0.5) is 10.1 Å². The maximum absolute atomic E-state index is 13.7. The molecule has 0 aliphatic rings. The number of benzene rings is 1. The molecule has 0 saturated heterocycles. The number of nitrogens with zero attached hydrogens (tertiary/aromatic N) is 2. The summed E-state index contributed by atoms with van der Waals surface area (Å²) in [6.07, 6.45) is 2.44. The molecule has 1 aromatic carbocycles. The molecule has 4 nitrogen and oxygen atoms in total. The van der Waals surface area contributed by atoms with E-state index in [2.05, 4.69) is 10.3 Å². The van der Waals surface area contributed by atoms with Crippen LogP contribution in [0.25, 0.3) is 5.65 Å². The number of anilines is 1. The number of rotatable bonds is 3. The molecule has 112 valence electrons. The highest BCUT2D eigenvalue weighted by Gasteiger charge is 2.19. The molecular weight excluding hydrogens is 281 g/mol. The molecule has 0 unspecified atom stereocenters. The molecule has 0 fully saturated rings. The fourth-order valence-corrected chi connectivity index (χ4v) is 2.43. The lowest BCUT2D eigenvalue weighted by molar-refractivity contribution is 0.102. The van der Waals surface area contributed by atoms with Crippen LogP contribution >= 0.6 is 0 Å². The van der Waals surface area contributed by atoms with Crippen LogP contribution in [-0.2, 0) is 6.42 Å². The maximum atomic E-state index is 13.7. The minimum absolute atomic E-state index is 0.164. The zero-order valence-electron chi connectivity index (χ0n) is 12.4. The third kappa shape index (κ3) is 2.45. The predicted octanol–water partition coefficient (Wildman–Crippen LogP) is 3.60. The summed E-state index contributed by atoms with van der Waals surface area (Å²) in [5.74, 6) is -0.822. The largest absolute Gasteiger partial charge is 0.318 e. The molecule has 0 aliphatic carbocycles. The SMILES string of the molecule is CCc1nc2cc(C)ccn2c1C(=O)Nc1ccccc1F. The van der Waals surface area contributed by atoms with Crippen molar-refractivity contribution in [2.45, 2.75) is 20.3 Å². The highest BCUT2D eigenvalue weighted by Crippen LogP contribution is 2.18. The molecule has 3 aromatic rings. The number of carbonyl (C=O) groups is 1. The van der Waals surface area contributed by atoms with Crippen LogP contribution in [0.15, 0.2) is 42.6 Å². The van der Waals surface area contributed by atoms with E-state index >= 15 is 0 Å². The lowest BCUT2D eigenvalue weighted by atomic mass is 10.2. The van der Waals surface area contributed by atoms with Crippen LogP contribution in [0.1, 0.15) is 28.7 Å². The van der Waals surface area contributed by atoms with Crippen LogP contribution in [0.2, 0.25) is 0 Å². The molecule has 0 bridgehead atoms. The first-order chi connectivity index (χ1) is 10.6. The van der Waals surface area contributed by atoms with Gasteiger partial charge in [-0.2, -0.15) is 0 Å². The number of hydrogen-bond acceptors (Lipinski definition) is 2. The summed E-state index contributed by atoms with van der Waals surface area (Å²) in [6, 6.07) is 9.93. The molecule has 22 heavy (non-hydrogen) atoms. The monoisotopic (exact) mass is 297 g/mol. The van der Waals surface area contributed by atoms with Gasteiger partial charge in [0, 0.05) is 6.20 Å². The van der Waals surface area contributed by atoms with E-state index in [9.17, 15) is 9.18 Å². The van der Waals surface area contributed by atoms with E-state index in [1.807, 2.05) is 32.2 Å². The second-order valence-corrected chi connectivity index (χ2v) is 5.13. The van der Waals surface area contributed by atoms with Crippen molar-refractivity contribution < 1.29 is 9.18 Å². The molecule has 0 atom stereocenters. The van der Waals surface area contributed by atoms with Crippen molar-refractivity contribution in [1.82, 2.24) is 9.38 Å². The number of halogens is 1. The van der Waals surface area contributed by atoms with E-state index in [1.54, 1.807) is 16.5 Å². The molecule has 3 rings (SSSR count). The van der Waals surface area contributed by atoms with E-state index in [0.717, 1.165) is 11.2 Å². The smallest absolute Gasteiger partial charge is 0.274 e. The molecular formula is C17H16FN3O. The van der Waals surface area contributed by atoms with Crippen molar-refractivity contribution in [3.8, 4) is 0 Å². The number of hydrogen-bond donors (Lipinski definition) is 1. The molecule has 0 aliphatic heterocycles. The van der Waals surface area contributed by atoms with Gasteiger partial charge in [-0.1, -0.05) is 19.1 Å². The van der Waals surface area contributed by atoms with Crippen LogP contribution in [0, 0.1) is 12.7 Å². The first-order valence-corrected chi connectivity index (χ1v) is 7.13. The van der Waals surface area contributed by atoms with Gasteiger partial charge in [-0.15, -0.1) is 0 Å². The average Bonchev–Trinajstić information content (AvgIpc) is 2.87. The molecule has 1 N–H and O–H groups in total. The molecule has 0 spiro atoms. The van der Waals surface area contributed by atoms with Gasteiger partial charge >= 0.3 is 0 Å². The number of imidazole rings is 1. The van der Waals surface area contributed by atoms with Crippen molar-refractivity contribution in [3.63, 3.8) is 0 Å². The first-order valence-electron chi connectivity index (χ1n) is 7.13. The number of pyridine rings is 1. The van der Waals surface area contributed by atoms with E-state index in [-0.39, 0.29) is 11.6 Å². The Bertz CT molecular complexity index is 854. The highest BCUT2D eigenvalue weighted by atomic mass is 19.1. The normalized spacial score (nSPS) is 10.9. The molecule has 2 aromatic heterocycles. The van der Waals surface area contributed by atoms with Crippen LogP contribution in [0.5, 0.6) is 0 Å². The van der Waals surface area contributed by atoms with Gasteiger partial charge in [0.1, 0.15) is 17.2 Å². The molecule has 0 saturated carbocycles. The van der Waals surface area contributed by atoms with Crippen molar-refractivity contribution >= 4 is 17.2 Å². The van der Waals surface area contributed by atoms with Gasteiger partial charge in [0.25, 0.3) is 5.91 Å². The van der Waals surface area contributed by atoms with Gasteiger partial charge in [0.05, 0.1) is 11.4 Å². The van der Waals surface area contributed by atoms with Gasteiger partial charge in [-0.25, -0.2) is 9.37 Å². The quantitative estimate of drug-likeness (QED) is 0.803. The number of fused-ring (bicyclic) bond motifs is 1. The van der Waals surface area contributed by atoms with Crippen molar-refractivity contribution in [2.24, 2.45) is 0 Å². The number of nitrogens with one attached hydrogen (secondary N) is 1. The van der Waals surface area contributed by atoms with E-state index in [4.69, 9.17) is 0 Å². The average molecular weight is 297 g/mol. The Morgan fingerprint density at radius 3 is 2.82 bits per heavy atom.